The van der Waals surface area contributed by atoms with Crippen LogP contribution in [0.25, 0.3) is 0 Å². The van der Waals surface area contributed by atoms with Gasteiger partial charge in [-0.3, -0.25) is 4.79 Å². The maximum Gasteiger partial charge on any atom is 0.494 e. The first-order valence-electron chi connectivity index (χ1n) is 8.22. The monoisotopic (exact) mass is 333 g/mol. The molecule has 0 bridgehead atoms. The predicted molar refractivity (Wildman–Crippen MR) is 95.9 cm³/mol. The van der Waals surface area contributed by atoms with Crippen LogP contribution in [0.5, 0.6) is 5.75 Å². The maximum absolute atomic E-state index is 12.4. The molecule has 1 aliphatic rings. The Morgan fingerprint density at radius 3 is 2.12 bits per heavy atom. The molecule has 0 aromatic heterocycles. The van der Waals surface area contributed by atoms with Gasteiger partial charge in [0.2, 0.25) is 0 Å². The highest BCUT2D eigenvalue weighted by molar-refractivity contribution is 6.62. The maximum atomic E-state index is 12.4. The summed E-state index contributed by atoms with van der Waals surface area (Å²) in [6.45, 7) is 13.9. The standard InChI is InChI=1S/C18H28BNO4/c1-16(2,3)20-15(21)13-10-9-12(11-14(13)22-8)19-23-17(4,5)18(6,7)24-19/h9-11H,1-8H3,(H,20,21). The summed E-state index contributed by atoms with van der Waals surface area (Å²) in [4.78, 5) is 12.4. The first kappa shape index (κ1) is 18.8. The Labute approximate surface area is 145 Å². The van der Waals surface area contributed by atoms with Crippen LogP contribution in [-0.4, -0.2) is 36.9 Å². The molecule has 1 aromatic carbocycles. The van der Waals surface area contributed by atoms with Gasteiger partial charge in [-0.05, 0) is 66.1 Å². The molecule has 0 spiro atoms. The predicted octanol–water partition coefficient (Wildman–Crippen LogP) is 2.52. The molecular weight excluding hydrogens is 305 g/mol. The SMILES string of the molecule is COc1cc(B2OC(C)(C)C(C)(C)O2)ccc1C(=O)NC(C)(C)C. The van der Waals surface area contributed by atoms with Crippen LogP contribution in [0.4, 0.5) is 0 Å². The molecule has 0 saturated carbocycles. The van der Waals surface area contributed by atoms with Crippen LogP contribution in [0.1, 0.15) is 58.8 Å². The number of benzene rings is 1. The van der Waals surface area contributed by atoms with Crippen molar-refractivity contribution in [2.45, 2.75) is 65.2 Å². The van der Waals surface area contributed by atoms with Crippen molar-refractivity contribution in [2.24, 2.45) is 0 Å². The van der Waals surface area contributed by atoms with E-state index < -0.39 is 18.3 Å². The van der Waals surface area contributed by atoms with Gasteiger partial charge in [0.25, 0.3) is 5.91 Å². The first-order chi connectivity index (χ1) is 10.9. The Kier molecular flexibility index (Phi) is 4.77. The number of nitrogens with one attached hydrogen (secondary N) is 1. The summed E-state index contributed by atoms with van der Waals surface area (Å²) < 4.78 is 17.5. The van der Waals surface area contributed by atoms with Crippen LogP contribution in [0.2, 0.25) is 0 Å². The fraction of sp³-hybridized carbons (Fsp3) is 0.611. The third-order valence-corrected chi connectivity index (χ3v) is 4.48. The molecule has 1 amide bonds. The second-order valence-corrected chi connectivity index (χ2v) is 8.25. The van der Waals surface area contributed by atoms with E-state index >= 15 is 0 Å². The average molecular weight is 333 g/mol. The summed E-state index contributed by atoms with van der Waals surface area (Å²) in [5.41, 5.74) is 0.192. The number of amides is 1. The fourth-order valence-electron chi connectivity index (χ4n) is 2.43. The van der Waals surface area contributed by atoms with Crippen molar-refractivity contribution in [1.29, 1.82) is 0 Å². The topological polar surface area (TPSA) is 56.8 Å². The van der Waals surface area contributed by atoms with Crippen LogP contribution in [-0.2, 0) is 9.31 Å². The Morgan fingerprint density at radius 1 is 1.12 bits per heavy atom. The molecule has 1 heterocycles. The largest absolute Gasteiger partial charge is 0.496 e. The molecule has 24 heavy (non-hydrogen) atoms. The van der Waals surface area contributed by atoms with E-state index in [-0.39, 0.29) is 11.4 Å². The number of rotatable bonds is 3. The summed E-state index contributed by atoms with van der Waals surface area (Å²) in [6, 6.07) is 5.40. The number of carbonyl (C=O) groups is 1. The van der Waals surface area contributed by atoms with Gasteiger partial charge in [-0.2, -0.15) is 0 Å². The molecule has 2 rings (SSSR count). The van der Waals surface area contributed by atoms with E-state index in [1.54, 1.807) is 19.2 Å². The molecule has 1 saturated heterocycles. The van der Waals surface area contributed by atoms with Gasteiger partial charge in [-0.1, -0.05) is 6.07 Å². The molecule has 132 valence electrons. The van der Waals surface area contributed by atoms with E-state index in [2.05, 4.69) is 5.32 Å². The van der Waals surface area contributed by atoms with Gasteiger partial charge in [0.1, 0.15) is 5.75 Å². The number of hydrogen-bond acceptors (Lipinski definition) is 4. The minimum absolute atomic E-state index is 0.167. The summed E-state index contributed by atoms with van der Waals surface area (Å²) in [5.74, 6) is 0.337. The Morgan fingerprint density at radius 2 is 1.67 bits per heavy atom. The molecule has 0 unspecified atom stereocenters. The second kappa shape index (κ2) is 6.08. The normalized spacial score (nSPS) is 19.2. The third-order valence-electron chi connectivity index (χ3n) is 4.48. The number of carbonyl (C=O) groups excluding carboxylic acids is 1. The number of hydrogen-bond donors (Lipinski definition) is 1. The molecule has 1 aliphatic heterocycles. The molecule has 0 radical (unpaired) electrons. The van der Waals surface area contributed by atoms with Crippen molar-refractivity contribution < 1.29 is 18.8 Å². The van der Waals surface area contributed by atoms with E-state index in [1.807, 2.05) is 54.5 Å². The van der Waals surface area contributed by atoms with E-state index in [0.717, 1.165) is 5.46 Å². The molecule has 1 fully saturated rings. The van der Waals surface area contributed by atoms with Gasteiger partial charge in [0, 0.05) is 5.54 Å². The zero-order chi connectivity index (χ0) is 18.3. The summed E-state index contributed by atoms with van der Waals surface area (Å²) >= 11 is 0. The zero-order valence-corrected chi connectivity index (χ0v) is 15.9. The van der Waals surface area contributed by atoms with Gasteiger partial charge in [0.15, 0.2) is 0 Å². The van der Waals surface area contributed by atoms with Crippen LogP contribution in [0.15, 0.2) is 18.2 Å². The van der Waals surface area contributed by atoms with E-state index in [4.69, 9.17) is 14.0 Å². The highest BCUT2D eigenvalue weighted by Crippen LogP contribution is 2.36. The van der Waals surface area contributed by atoms with Crippen molar-refractivity contribution in [2.75, 3.05) is 7.11 Å². The lowest BCUT2D eigenvalue weighted by molar-refractivity contribution is 0.00578. The van der Waals surface area contributed by atoms with Gasteiger partial charge in [-0.25, -0.2) is 0 Å². The summed E-state index contributed by atoms with van der Waals surface area (Å²) in [7, 11) is 1.07. The molecule has 6 heteroatoms. The zero-order valence-electron chi connectivity index (χ0n) is 15.9. The average Bonchev–Trinajstić information content (AvgIpc) is 2.65. The summed E-state index contributed by atoms with van der Waals surface area (Å²) in [5, 5.41) is 2.94. The molecule has 1 aromatic rings. The lowest BCUT2D eigenvalue weighted by Crippen LogP contribution is -2.41. The smallest absolute Gasteiger partial charge is 0.494 e. The van der Waals surface area contributed by atoms with Gasteiger partial charge < -0.3 is 19.4 Å². The van der Waals surface area contributed by atoms with E-state index in [0.29, 0.717) is 11.3 Å². The molecular formula is C18H28BNO4. The van der Waals surface area contributed by atoms with Crippen molar-refractivity contribution in [1.82, 2.24) is 5.32 Å². The minimum Gasteiger partial charge on any atom is -0.496 e. The highest BCUT2D eigenvalue weighted by Gasteiger charge is 2.51. The Hall–Kier alpha value is -1.53. The van der Waals surface area contributed by atoms with Crippen molar-refractivity contribution >= 4 is 18.5 Å². The molecule has 0 atom stereocenters. The van der Waals surface area contributed by atoms with Crippen LogP contribution in [0, 0.1) is 0 Å². The number of ether oxygens (including phenoxy) is 1. The Balaban J connectivity index is 2.29. The van der Waals surface area contributed by atoms with E-state index in [1.165, 1.54) is 0 Å². The third kappa shape index (κ3) is 3.76. The minimum atomic E-state index is -0.483. The first-order valence-corrected chi connectivity index (χ1v) is 8.22. The quantitative estimate of drug-likeness (QED) is 0.864. The van der Waals surface area contributed by atoms with Gasteiger partial charge in [-0.15, -0.1) is 0 Å². The molecule has 0 aliphatic carbocycles. The second-order valence-electron chi connectivity index (χ2n) is 8.25. The van der Waals surface area contributed by atoms with Crippen LogP contribution < -0.4 is 15.5 Å². The lowest BCUT2D eigenvalue weighted by Gasteiger charge is -2.32. The molecule has 5 nitrogen and oxygen atoms in total. The van der Waals surface area contributed by atoms with Crippen LogP contribution in [0.3, 0.4) is 0 Å². The van der Waals surface area contributed by atoms with Crippen molar-refractivity contribution in [3.8, 4) is 5.75 Å². The molecule has 1 N–H and O–H groups in total. The van der Waals surface area contributed by atoms with Crippen molar-refractivity contribution in [3.63, 3.8) is 0 Å². The van der Waals surface area contributed by atoms with Crippen molar-refractivity contribution in [3.05, 3.63) is 23.8 Å². The van der Waals surface area contributed by atoms with Gasteiger partial charge >= 0.3 is 7.12 Å². The Bertz CT molecular complexity index is 618. The fourth-order valence-corrected chi connectivity index (χ4v) is 2.43. The van der Waals surface area contributed by atoms with Crippen LogP contribution >= 0.6 is 0 Å². The summed E-state index contributed by atoms with van der Waals surface area (Å²) in [6.07, 6.45) is 0. The number of methoxy groups -OCH3 is 1. The highest BCUT2D eigenvalue weighted by atomic mass is 16.7. The lowest BCUT2D eigenvalue weighted by atomic mass is 9.78. The van der Waals surface area contributed by atoms with E-state index in [9.17, 15) is 4.79 Å². The van der Waals surface area contributed by atoms with Gasteiger partial charge in [0.05, 0.1) is 23.9 Å².